The lowest BCUT2D eigenvalue weighted by atomic mass is 10.2. The molecule has 0 nitrogen and oxygen atoms in total. The van der Waals surface area contributed by atoms with E-state index in [2.05, 4.69) is 12.6 Å². The zero-order valence-corrected chi connectivity index (χ0v) is 5.71. The Hall–Kier alpha value is -0.120. The molecule has 9 heavy (non-hydrogen) atoms. The van der Waals surface area contributed by atoms with E-state index < -0.39 is 12.1 Å². The predicted octanol–water partition coefficient (Wildman–Crippen LogP) is 2.63. The van der Waals surface area contributed by atoms with E-state index in [9.17, 15) is 13.2 Å². The van der Waals surface area contributed by atoms with Gasteiger partial charge in [0.25, 0.3) is 0 Å². The summed E-state index contributed by atoms with van der Waals surface area (Å²) in [7, 11) is 0. The minimum absolute atomic E-state index is 0.989. The molecule has 0 radical (unpaired) electrons. The standard InChI is InChI=1S/C5H7F3S/c1-4(2-3-9)5(6,7)8/h2-4,9H,1H3/b3-2-. The molecule has 1 unspecified atom stereocenters. The van der Waals surface area contributed by atoms with Gasteiger partial charge < -0.3 is 0 Å². The minimum Gasteiger partial charge on any atom is -0.170 e. The lowest BCUT2D eigenvalue weighted by molar-refractivity contribution is -0.156. The Balaban J connectivity index is 3.88. The Morgan fingerprint density at radius 2 is 1.89 bits per heavy atom. The average molecular weight is 156 g/mol. The zero-order chi connectivity index (χ0) is 7.49. The minimum atomic E-state index is -4.13. The number of hydrogen-bond donors (Lipinski definition) is 1. The van der Waals surface area contributed by atoms with Crippen LogP contribution in [0.1, 0.15) is 6.92 Å². The van der Waals surface area contributed by atoms with Crippen molar-refractivity contribution in [3.63, 3.8) is 0 Å². The summed E-state index contributed by atoms with van der Waals surface area (Å²) in [5, 5.41) is 1.10. The van der Waals surface area contributed by atoms with Crippen LogP contribution in [0.5, 0.6) is 0 Å². The van der Waals surface area contributed by atoms with Gasteiger partial charge in [0, 0.05) is 0 Å². The van der Waals surface area contributed by atoms with Gasteiger partial charge in [0.15, 0.2) is 0 Å². The molecule has 0 aromatic rings. The molecule has 0 aromatic heterocycles. The molecule has 0 rings (SSSR count). The average Bonchev–Trinajstić information content (AvgIpc) is 1.64. The van der Waals surface area contributed by atoms with Gasteiger partial charge in [0.05, 0.1) is 5.92 Å². The van der Waals surface area contributed by atoms with Crippen molar-refractivity contribution in [1.29, 1.82) is 0 Å². The molecule has 0 aromatic carbocycles. The Morgan fingerprint density at radius 1 is 1.44 bits per heavy atom. The molecule has 0 saturated heterocycles. The molecule has 0 aliphatic heterocycles. The molecule has 0 spiro atoms. The highest BCUT2D eigenvalue weighted by atomic mass is 32.1. The molecule has 4 heteroatoms. The molecule has 0 fully saturated rings. The van der Waals surface area contributed by atoms with Gasteiger partial charge in [-0.2, -0.15) is 25.8 Å². The fourth-order valence-corrected chi connectivity index (χ4v) is 0.496. The molecular weight excluding hydrogens is 149 g/mol. The summed E-state index contributed by atoms with van der Waals surface area (Å²) in [6.07, 6.45) is -3.14. The first-order valence-corrected chi connectivity index (χ1v) is 2.87. The van der Waals surface area contributed by atoms with Crippen LogP contribution in [0, 0.1) is 5.92 Å². The van der Waals surface area contributed by atoms with Crippen molar-refractivity contribution in [2.75, 3.05) is 0 Å². The van der Waals surface area contributed by atoms with Crippen molar-refractivity contribution in [2.24, 2.45) is 5.92 Å². The zero-order valence-electron chi connectivity index (χ0n) is 4.81. The SMILES string of the molecule is CC(/C=C\S)C(F)(F)F. The van der Waals surface area contributed by atoms with Crippen LogP contribution in [0.2, 0.25) is 0 Å². The van der Waals surface area contributed by atoms with Crippen molar-refractivity contribution in [1.82, 2.24) is 0 Å². The summed E-state index contributed by atoms with van der Waals surface area (Å²) in [6, 6.07) is 0. The largest absolute Gasteiger partial charge is 0.394 e. The number of hydrogen-bond acceptors (Lipinski definition) is 1. The number of thiol groups is 1. The lowest BCUT2D eigenvalue weighted by Gasteiger charge is -2.09. The second-order valence-electron chi connectivity index (χ2n) is 1.67. The molecule has 0 heterocycles. The van der Waals surface area contributed by atoms with E-state index in [1.807, 2.05) is 0 Å². The quantitative estimate of drug-likeness (QED) is 0.554. The maximum Gasteiger partial charge on any atom is 0.394 e. The van der Waals surface area contributed by atoms with Gasteiger partial charge in [-0.3, -0.25) is 0 Å². The van der Waals surface area contributed by atoms with Gasteiger partial charge in [0.2, 0.25) is 0 Å². The first kappa shape index (κ1) is 8.88. The highest BCUT2D eigenvalue weighted by molar-refractivity contribution is 7.83. The summed E-state index contributed by atoms with van der Waals surface area (Å²) >= 11 is 3.51. The van der Waals surface area contributed by atoms with Crippen LogP contribution in [0.4, 0.5) is 13.2 Å². The molecule has 1 atom stereocenters. The van der Waals surface area contributed by atoms with E-state index in [4.69, 9.17) is 0 Å². The van der Waals surface area contributed by atoms with Crippen molar-refractivity contribution in [2.45, 2.75) is 13.1 Å². The van der Waals surface area contributed by atoms with E-state index in [0.717, 1.165) is 18.4 Å². The third-order valence-corrected chi connectivity index (χ3v) is 1.06. The molecule has 54 valence electrons. The Bertz CT molecular complexity index is 105. The third kappa shape index (κ3) is 3.46. The Morgan fingerprint density at radius 3 is 2.00 bits per heavy atom. The number of rotatable bonds is 1. The number of halogens is 3. The second kappa shape index (κ2) is 3.15. The summed E-state index contributed by atoms with van der Waals surface area (Å²) in [5.74, 6) is -1.39. The smallest absolute Gasteiger partial charge is 0.170 e. The maximum absolute atomic E-state index is 11.6. The van der Waals surface area contributed by atoms with Gasteiger partial charge in [0.1, 0.15) is 0 Å². The normalized spacial score (nSPS) is 16.6. The lowest BCUT2D eigenvalue weighted by Crippen LogP contribution is -2.16. The predicted molar refractivity (Wildman–Crippen MR) is 33.3 cm³/mol. The van der Waals surface area contributed by atoms with Gasteiger partial charge in [-0.15, -0.1) is 0 Å². The number of allylic oxidation sites excluding steroid dienone is 1. The van der Waals surface area contributed by atoms with Gasteiger partial charge in [-0.25, -0.2) is 0 Å². The van der Waals surface area contributed by atoms with E-state index >= 15 is 0 Å². The molecule has 0 aliphatic carbocycles. The highest BCUT2D eigenvalue weighted by Crippen LogP contribution is 2.26. The summed E-state index contributed by atoms with van der Waals surface area (Å²) < 4.78 is 34.7. The van der Waals surface area contributed by atoms with E-state index in [1.165, 1.54) is 0 Å². The fourth-order valence-electron chi connectivity index (χ4n) is 0.238. The first-order chi connectivity index (χ1) is 3.98. The first-order valence-electron chi connectivity index (χ1n) is 2.36. The van der Waals surface area contributed by atoms with Crippen molar-refractivity contribution >= 4 is 12.6 Å². The van der Waals surface area contributed by atoms with Crippen LogP contribution in [0.25, 0.3) is 0 Å². The van der Waals surface area contributed by atoms with Crippen molar-refractivity contribution in [3.05, 3.63) is 11.5 Å². The molecule has 0 aliphatic rings. The van der Waals surface area contributed by atoms with E-state index in [0.29, 0.717) is 0 Å². The third-order valence-electron chi connectivity index (χ3n) is 0.891. The molecule has 0 bridgehead atoms. The van der Waals surface area contributed by atoms with Crippen LogP contribution in [-0.2, 0) is 0 Å². The summed E-state index contributed by atoms with van der Waals surface area (Å²) in [6.45, 7) is 1.08. The molecule has 0 N–H and O–H groups in total. The van der Waals surface area contributed by atoms with E-state index in [1.54, 1.807) is 0 Å². The Labute approximate surface area is 57.2 Å². The van der Waals surface area contributed by atoms with E-state index in [-0.39, 0.29) is 0 Å². The van der Waals surface area contributed by atoms with Crippen LogP contribution in [0.3, 0.4) is 0 Å². The van der Waals surface area contributed by atoms with Crippen LogP contribution in [0.15, 0.2) is 11.5 Å². The summed E-state index contributed by atoms with van der Waals surface area (Å²) in [5.41, 5.74) is 0. The van der Waals surface area contributed by atoms with Crippen molar-refractivity contribution < 1.29 is 13.2 Å². The number of alkyl halides is 3. The summed E-state index contributed by atoms with van der Waals surface area (Å²) in [4.78, 5) is 0. The monoisotopic (exact) mass is 156 g/mol. The van der Waals surface area contributed by atoms with Crippen LogP contribution < -0.4 is 0 Å². The van der Waals surface area contributed by atoms with Crippen LogP contribution in [-0.4, -0.2) is 6.18 Å². The van der Waals surface area contributed by atoms with Crippen LogP contribution >= 0.6 is 12.6 Å². The molecule has 0 saturated carbocycles. The molecular formula is C5H7F3S. The maximum atomic E-state index is 11.6. The topological polar surface area (TPSA) is 0 Å². The second-order valence-corrected chi connectivity index (χ2v) is 1.97. The Kier molecular flexibility index (Phi) is 3.11. The van der Waals surface area contributed by atoms with Gasteiger partial charge >= 0.3 is 6.18 Å². The van der Waals surface area contributed by atoms with Gasteiger partial charge in [-0.1, -0.05) is 13.0 Å². The fraction of sp³-hybridized carbons (Fsp3) is 0.600. The van der Waals surface area contributed by atoms with Gasteiger partial charge in [-0.05, 0) is 5.41 Å². The van der Waals surface area contributed by atoms with Crippen molar-refractivity contribution in [3.8, 4) is 0 Å². The highest BCUT2D eigenvalue weighted by Gasteiger charge is 2.33. The molecule has 0 amide bonds.